The monoisotopic (exact) mass is 736 g/mol. The number of aliphatic hydroxyl groups excluding tert-OH is 1. The van der Waals surface area contributed by atoms with Gasteiger partial charge < -0.3 is 34.0 Å². The lowest BCUT2D eigenvalue weighted by molar-refractivity contribution is -0.150. The molecule has 0 bridgehead atoms. The SMILES string of the molecule is C[C@@H]1[C@@H]([Si](C)(C)F)[C@H](CC(=O)N(CCO)Cc2ccccc2)O[C@@]12C(=O)N(Cc1cccc(N3CCNCC3=O)c1)c1ccc(Br)cc12. The molecule has 254 valence electrons. The molecule has 0 saturated carbocycles. The van der Waals surface area contributed by atoms with E-state index in [1.165, 1.54) is 0 Å². The van der Waals surface area contributed by atoms with Gasteiger partial charge in [-0.3, -0.25) is 14.4 Å². The molecular weight excluding hydrogens is 695 g/mol. The van der Waals surface area contributed by atoms with E-state index in [-0.39, 0.29) is 50.4 Å². The van der Waals surface area contributed by atoms with Crippen molar-refractivity contribution in [3.63, 3.8) is 0 Å². The van der Waals surface area contributed by atoms with Crippen LogP contribution in [0.3, 0.4) is 0 Å². The van der Waals surface area contributed by atoms with Crippen molar-refractivity contribution in [2.45, 2.75) is 56.8 Å². The molecule has 6 rings (SSSR count). The van der Waals surface area contributed by atoms with E-state index in [0.29, 0.717) is 30.9 Å². The Hall–Kier alpha value is -3.42. The quantitative estimate of drug-likeness (QED) is 0.222. The second-order valence-corrected chi connectivity index (χ2v) is 18.2. The number of hydrogen-bond donors (Lipinski definition) is 2. The van der Waals surface area contributed by atoms with Crippen molar-refractivity contribution in [3.8, 4) is 0 Å². The molecule has 2 N–H and O–H groups in total. The zero-order chi connectivity index (χ0) is 34.2. The number of nitrogens with one attached hydrogen (secondary N) is 1. The second kappa shape index (κ2) is 13.8. The summed E-state index contributed by atoms with van der Waals surface area (Å²) in [6.07, 6.45) is -0.949. The van der Waals surface area contributed by atoms with Crippen molar-refractivity contribution in [1.82, 2.24) is 10.2 Å². The first-order chi connectivity index (χ1) is 22.9. The fourth-order valence-corrected chi connectivity index (χ4v) is 10.6. The van der Waals surface area contributed by atoms with Gasteiger partial charge in [-0.2, -0.15) is 0 Å². The van der Waals surface area contributed by atoms with Crippen LogP contribution in [0.1, 0.15) is 30.0 Å². The average molecular weight is 738 g/mol. The zero-order valence-corrected chi connectivity index (χ0v) is 30.1. The third-order valence-corrected chi connectivity index (χ3v) is 12.8. The summed E-state index contributed by atoms with van der Waals surface area (Å²) in [6.45, 7) is 7.09. The predicted molar refractivity (Wildman–Crippen MR) is 189 cm³/mol. The van der Waals surface area contributed by atoms with Crippen molar-refractivity contribution in [2.75, 3.05) is 42.6 Å². The highest BCUT2D eigenvalue weighted by Gasteiger charge is 2.67. The lowest BCUT2D eigenvalue weighted by atomic mass is 9.82. The Morgan fingerprint density at radius 1 is 1.10 bits per heavy atom. The number of amides is 3. The van der Waals surface area contributed by atoms with Crippen LogP contribution in [-0.2, 0) is 37.8 Å². The molecule has 3 aromatic rings. The summed E-state index contributed by atoms with van der Waals surface area (Å²) >= 11 is 3.58. The molecule has 0 aliphatic carbocycles. The number of fused-ring (bicyclic) bond motifs is 2. The Morgan fingerprint density at radius 3 is 2.56 bits per heavy atom. The maximum atomic E-state index is 16.4. The number of nitrogens with zero attached hydrogens (tertiary/aromatic N) is 3. The van der Waals surface area contributed by atoms with Gasteiger partial charge in [0.25, 0.3) is 5.91 Å². The minimum absolute atomic E-state index is 0.0102. The summed E-state index contributed by atoms with van der Waals surface area (Å²) in [7, 11) is -3.50. The van der Waals surface area contributed by atoms with Gasteiger partial charge in [-0.05, 0) is 54.6 Å². The summed E-state index contributed by atoms with van der Waals surface area (Å²) in [5.41, 5.74) is 1.72. The van der Waals surface area contributed by atoms with Crippen LogP contribution in [0, 0.1) is 5.92 Å². The smallest absolute Gasteiger partial charge is 0.264 e. The molecule has 3 aliphatic rings. The molecule has 2 fully saturated rings. The van der Waals surface area contributed by atoms with Crippen molar-refractivity contribution < 1.29 is 28.3 Å². The van der Waals surface area contributed by atoms with E-state index in [4.69, 9.17) is 4.74 Å². The van der Waals surface area contributed by atoms with Gasteiger partial charge >= 0.3 is 0 Å². The number of carbonyl (C=O) groups is 3. The molecule has 3 amide bonds. The maximum absolute atomic E-state index is 16.4. The molecule has 0 radical (unpaired) electrons. The molecule has 3 heterocycles. The van der Waals surface area contributed by atoms with E-state index in [1.807, 2.05) is 79.7 Å². The fourth-order valence-electron chi connectivity index (χ4n) is 7.78. The largest absolute Gasteiger partial charge is 0.395 e. The Morgan fingerprint density at radius 2 is 1.85 bits per heavy atom. The number of ether oxygens (including phenoxy) is 1. The molecule has 2 saturated heterocycles. The van der Waals surface area contributed by atoms with Gasteiger partial charge in [0.05, 0.1) is 37.9 Å². The molecule has 12 heteroatoms. The number of rotatable bonds is 10. The lowest BCUT2D eigenvalue weighted by Crippen LogP contribution is -2.48. The topological polar surface area (TPSA) is 102 Å². The Kier molecular flexibility index (Phi) is 9.92. The number of anilines is 2. The third kappa shape index (κ3) is 6.48. The molecule has 9 nitrogen and oxygen atoms in total. The lowest BCUT2D eigenvalue weighted by Gasteiger charge is -2.31. The van der Waals surface area contributed by atoms with E-state index >= 15 is 4.11 Å². The summed E-state index contributed by atoms with van der Waals surface area (Å²) in [5, 5.41) is 12.9. The third-order valence-electron chi connectivity index (χ3n) is 9.89. The summed E-state index contributed by atoms with van der Waals surface area (Å²) < 4.78 is 24.0. The Labute approximate surface area is 290 Å². The van der Waals surface area contributed by atoms with Gasteiger partial charge in [0.1, 0.15) is 0 Å². The van der Waals surface area contributed by atoms with Crippen LogP contribution in [0.2, 0.25) is 18.6 Å². The normalized spacial score (nSPS) is 24.0. The van der Waals surface area contributed by atoms with Crippen LogP contribution in [0.15, 0.2) is 77.3 Å². The van der Waals surface area contributed by atoms with E-state index in [2.05, 4.69) is 21.2 Å². The number of piperazine rings is 1. The summed E-state index contributed by atoms with van der Waals surface area (Å²) in [6, 6.07) is 22.8. The van der Waals surface area contributed by atoms with Gasteiger partial charge in [-0.25, -0.2) is 0 Å². The minimum Gasteiger partial charge on any atom is -0.395 e. The fraction of sp³-hybridized carbons (Fsp3) is 0.417. The van der Waals surface area contributed by atoms with Crippen LogP contribution in [0.4, 0.5) is 15.5 Å². The van der Waals surface area contributed by atoms with Crippen molar-refractivity contribution in [3.05, 3.63) is 94.0 Å². The molecule has 3 aromatic carbocycles. The number of benzene rings is 3. The molecule has 48 heavy (non-hydrogen) atoms. The molecule has 4 atom stereocenters. The van der Waals surface area contributed by atoms with E-state index in [9.17, 15) is 19.5 Å². The number of aliphatic hydroxyl groups is 1. The van der Waals surface area contributed by atoms with Gasteiger partial charge in [0, 0.05) is 53.4 Å². The highest BCUT2D eigenvalue weighted by Crippen LogP contribution is 2.60. The standard InChI is InChI=1S/C36H42BrFN4O5Si/c1-24-34(48(2,3)38)31(20-32(44)40(16-17-43)22-25-8-5-4-6-9-25)47-36(24)29-19-27(37)12-13-30(29)42(35(36)46)23-26-10-7-11-28(18-26)41-15-14-39-21-33(41)45/h4-13,18-19,24,31,34,39,43H,14-17,20-23H2,1-3H3/t24-,31+,34-,36+/m1/s1. The van der Waals surface area contributed by atoms with Crippen molar-refractivity contribution >= 4 is 53.4 Å². The molecule has 0 unspecified atom stereocenters. The molecule has 3 aliphatic heterocycles. The average Bonchev–Trinajstić information content (AvgIpc) is 3.47. The van der Waals surface area contributed by atoms with Crippen molar-refractivity contribution in [1.29, 1.82) is 0 Å². The van der Waals surface area contributed by atoms with Gasteiger partial charge in [0.2, 0.25) is 20.2 Å². The van der Waals surface area contributed by atoms with Crippen LogP contribution >= 0.6 is 15.9 Å². The van der Waals surface area contributed by atoms with Gasteiger partial charge in [-0.1, -0.05) is 65.3 Å². The van der Waals surface area contributed by atoms with Crippen molar-refractivity contribution in [2.24, 2.45) is 5.92 Å². The minimum atomic E-state index is -3.50. The maximum Gasteiger partial charge on any atom is 0.264 e. The second-order valence-electron chi connectivity index (χ2n) is 13.4. The first kappa shape index (κ1) is 34.4. The van der Waals surface area contributed by atoms with E-state index < -0.39 is 31.6 Å². The first-order valence-corrected chi connectivity index (χ1v) is 20.2. The van der Waals surface area contributed by atoms with E-state index in [0.717, 1.165) is 21.3 Å². The number of carbonyl (C=O) groups excluding carboxylic acids is 3. The Bertz CT molecular complexity index is 1690. The van der Waals surface area contributed by atoms with Gasteiger partial charge in [-0.15, -0.1) is 0 Å². The highest BCUT2D eigenvalue weighted by molar-refractivity contribution is 9.10. The number of halogens is 2. The molecular formula is C36H42BrFN4O5Si. The zero-order valence-electron chi connectivity index (χ0n) is 27.5. The highest BCUT2D eigenvalue weighted by atomic mass is 79.9. The van der Waals surface area contributed by atoms with Crippen LogP contribution in [-0.4, -0.2) is 75.0 Å². The summed E-state index contributed by atoms with van der Waals surface area (Å²) in [5.74, 6) is -1.12. The van der Waals surface area contributed by atoms with Crippen LogP contribution < -0.4 is 15.1 Å². The van der Waals surface area contributed by atoms with Crippen LogP contribution in [0.5, 0.6) is 0 Å². The summed E-state index contributed by atoms with van der Waals surface area (Å²) in [4.78, 5) is 46.3. The first-order valence-electron chi connectivity index (χ1n) is 16.5. The predicted octanol–water partition coefficient (Wildman–Crippen LogP) is 5.12. The van der Waals surface area contributed by atoms with Crippen LogP contribution in [0.25, 0.3) is 0 Å². The molecule has 0 aromatic heterocycles. The van der Waals surface area contributed by atoms with Gasteiger partial charge in [0.15, 0.2) is 5.60 Å². The van der Waals surface area contributed by atoms with E-state index in [1.54, 1.807) is 27.8 Å². The number of hydrogen-bond acceptors (Lipinski definition) is 6. The molecule has 1 spiro atoms. The Balaban J connectivity index is 1.33.